The van der Waals surface area contributed by atoms with Crippen molar-refractivity contribution in [2.24, 2.45) is 0 Å². The monoisotopic (exact) mass is 308 g/mol. The van der Waals surface area contributed by atoms with E-state index in [1.807, 2.05) is 49.4 Å². The van der Waals surface area contributed by atoms with Gasteiger partial charge in [0.2, 0.25) is 0 Å². The topological polar surface area (TPSA) is 35.5 Å². The predicted octanol–water partition coefficient (Wildman–Crippen LogP) is 4.58. The number of esters is 1. The van der Waals surface area contributed by atoms with Crippen LogP contribution in [-0.4, -0.2) is 25.8 Å². The third-order valence-corrected chi connectivity index (χ3v) is 3.80. The fourth-order valence-electron chi connectivity index (χ4n) is 2.75. The molecule has 0 spiro atoms. The number of benzene rings is 3. The van der Waals surface area contributed by atoms with Crippen molar-refractivity contribution >= 4 is 27.5 Å². The fourth-order valence-corrected chi connectivity index (χ4v) is 2.75. The Bertz CT molecular complexity index is 823. The van der Waals surface area contributed by atoms with Crippen LogP contribution in [0.25, 0.3) is 21.5 Å². The van der Waals surface area contributed by atoms with E-state index in [0.717, 1.165) is 28.0 Å². The molecular formula is C20H20O3. The minimum atomic E-state index is -0.299. The van der Waals surface area contributed by atoms with Gasteiger partial charge in [-0.2, -0.15) is 0 Å². The van der Waals surface area contributed by atoms with E-state index in [-0.39, 0.29) is 12.6 Å². The number of fused-ring (bicyclic) bond motifs is 3. The molecule has 3 nitrogen and oxygen atoms in total. The highest BCUT2D eigenvalue weighted by Gasteiger charge is 2.13. The molecule has 0 aliphatic heterocycles. The highest BCUT2D eigenvalue weighted by Crippen LogP contribution is 2.28. The van der Waals surface area contributed by atoms with E-state index in [1.165, 1.54) is 0 Å². The van der Waals surface area contributed by atoms with Gasteiger partial charge in [0.05, 0.1) is 12.2 Å². The first kappa shape index (κ1) is 15.5. The zero-order chi connectivity index (χ0) is 16.1. The van der Waals surface area contributed by atoms with Crippen molar-refractivity contribution in [1.29, 1.82) is 0 Å². The SMILES string of the molecule is CCCOCCOC(=O)c1cccc2ccc3ccccc3c12. The molecule has 118 valence electrons. The van der Waals surface area contributed by atoms with Crippen molar-refractivity contribution < 1.29 is 14.3 Å². The number of rotatable bonds is 6. The van der Waals surface area contributed by atoms with Crippen LogP contribution in [0.4, 0.5) is 0 Å². The summed E-state index contributed by atoms with van der Waals surface area (Å²) in [5.74, 6) is -0.299. The van der Waals surface area contributed by atoms with Crippen molar-refractivity contribution in [2.75, 3.05) is 19.8 Å². The van der Waals surface area contributed by atoms with E-state index in [2.05, 4.69) is 12.1 Å². The third-order valence-electron chi connectivity index (χ3n) is 3.80. The summed E-state index contributed by atoms with van der Waals surface area (Å²) in [6, 6.07) is 17.9. The van der Waals surface area contributed by atoms with Crippen LogP contribution in [0, 0.1) is 0 Å². The molecule has 3 heteroatoms. The second kappa shape index (κ2) is 7.25. The first-order valence-electron chi connectivity index (χ1n) is 7.96. The van der Waals surface area contributed by atoms with Crippen molar-refractivity contribution in [1.82, 2.24) is 0 Å². The predicted molar refractivity (Wildman–Crippen MR) is 92.8 cm³/mol. The zero-order valence-electron chi connectivity index (χ0n) is 13.2. The first-order chi connectivity index (χ1) is 11.3. The van der Waals surface area contributed by atoms with Crippen LogP contribution in [0.5, 0.6) is 0 Å². The molecule has 3 aromatic carbocycles. The summed E-state index contributed by atoms with van der Waals surface area (Å²) in [7, 11) is 0. The lowest BCUT2D eigenvalue weighted by Gasteiger charge is -2.10. The Hall–Kier alpha value is -2.39. The largest absolute Gasteiger partial charge is 0.460 e. The molecule has 0 atom stereocenters. The molecule has 0 radical (unpaired) electrons. The molecule has 0 saturated heterocycles. The van der Waals surface area contributed by atoms with Crippen LogP contribution in [-0.2, 0) is 9.47 Å². The molecule has 3 aromatic rings. The van der Waals surface area contributed by atoms with Gasteiger partial charge in [-0.1, -0.05) is 55.5 Å². The lowest BCUT2D eigenvalue weighted by atomic mass is 9.98. The molecule has 0 heterocycles. The highest BCUT2D eigenvalue weighted by atomic mass is 16.6. The summed E-state index contributed by atoms with van der Waals surface area (Å²) in [6.45, 7) is 3.45. The highest BCUT2D eigenvalue weighted by molar-refractivity contribution is 6.16. The third kappa shape index (κ3) is 3.35. The van der Waals surface area contributed by atoms with Gasteiger partial charge in [0.15, 0.2) is 0 Å². The van der Waals surface area contributed by atoms with Crippen LogP contribution in [0.3, 0.4) is 0 Å². The molecule has 0 aromatic heterocycles. The standard InChI is InChI=1S/C20H20O3/c1-2-12-22-13-14-23-20(21)18-9-5-7-16-11-10-15-6-3-4-8-17(15)19(16)18/h3-11H,2,12-14H2,1H3. The van der Waals surface area contributed by atoms with E-state index in [4.69, 9.17) is 9.47 Å². The summed E-state index contributed by atoms with van der Waals surface area (Å²) in [4.78, 5) is 12.5. The molecule has 0 amide bonds. The van der Waals surface area contributed by atoms with Crippen LogP contribution in [0.1, 0.15) is 23.7 Å². The molecule has 0 bridgehead atoms. The maximum absolute atomic E-state index is 12.5. The summed E-state index contributed by atoms with van der Waals surface area (Å²) >= 11 is 0. The lowest BCUT2D eigenvalue weighted by molar-refractivity contribution is 0.0320. The quantitative estimate of drug-likeness (QED) is 0.380. The van der Waals surface area contributed by atoms with E-state index >= 15 is 0 Å². The Morgan fingerprint density at radius 2 is 1.65 bits per heavy atom. The minimum Gasteiger partial charge on any atom is -0.460 e. The zero-order valence-corrected chi connectivity index (χ0v) is 13.2. The fraction of sp³-hybridized carbons (Fsp3) is 0.250. The second-order valence-corrected chi connectivity index (χ2v) is 5.44. The average Bonchev–Trinajstić information content (AvgIpc) is 2.60. The normalized spacial score (nSPS) is 11.0. The molecule has 0 N–H and O–H groups in total. The summed E-state index contributed by atoms with van der Waals surface area (Å²) in [6.07, 6.45) is 0.962. The van der Waals surface area contributed by atoms with Gasteiger partial charge < -0.3 is 9.47 Å². The van der Waals surface area contributed by atoms with Gasteiger partial charge in [0.25, 0.3) is 0 Å². The number of hydrogen-bond donors (Lipinski definition) is 0. The Balaban J connectivity index is 1.91. The van der Waals surface area contributed by atoms with E-state index in [9.17, 15) is 4.79 Å². The number of carbonyl (C=O) groups is 1. The van der Waals surface area contributed by atoms with Gasteiger partial charge in [0, 0.05) is 12.0 Å². The maximum atomic E-state index is 12.5. The summed E-state index contributed by atoms with van der Waals surface area (Å²) < 4.78 is 10.7. The minimum absolute atomic E-state index is 0.278. The van der Waals surface area contributed by atoms with Crippen LogP contribution < -0.4 is 0 Å². The first-order valence-corrected chi connectivity index (χ1v) is 7.96. The van der Waals surface area contributed by atoms with Crippen molar-refractivity contribution in [2.45, 2.75) is 13.3 Å². The molecule has 0 aliphatic rings. The Morgan fingerprint density at radius 3 is 2.52 bits per heavy atom. The number of ether oxygens (including phenoxy) is 2. The van der Waals surface area contributed by atoms with Gasteiger partial charge in [-0.25, -0.2) is 4.79 Å². The maximum Gasteiger partial charge on any atom is 0.338 e. The molecule has 0 aliphatic carbocycles. The van der Waals surface area contributed by atoms with Crippen LogP contribution in [0.2, 0.25) is 0 Å². The van der Waals surface area contributed by atoms with Crippen molar-refractivity contribution in [3.8, 4) is 0 Å². The molecule has 3 rings (SSSR count). The van der Waals surface area contributed by atoms with E-state index in [0.29, 0.717) is 18.8 Å². The van der Waals surface area contributed by atoms with Gasteiger partial charge in [-0.05, 0) is 28.6 Å². The molecule has 0 unspecified atom stereocenters. The van der Waals surface area contributed by atoms with Gasteiger partial charge in [-0.3, -0.25) is 0 Å². The van der Waals surface area contributed by atoms with E-state index in [1.54, 1.807) is 0 Å². The smallest absolute Gasteiger partial charge is 0.338 e. The number of hydrogen-bond acceptors (Lipinski definition) is 3. The summed E-state index contributed by atoms with van der Waals surface area (Å²) in [5, 5.41) is 4.18. The van der Waals surface area contributed by atoms with E-state index < -0.39 is 0 Å². The number of carbonyl (C=O) groups excluding carboxylic acids is 1. The van der Waals surface area contributed by atoms with Crippen molar-refractivity contribution in [3.05, 3.63) is 60.2 Å². The molecule has 0 fully saturated rings. The van der Waals surface area contributed by atoms with Crippen molar-refractivity contribution in [3.63, 3.8) is 0 Å². The Kier molecular flexibility index (Phi) is 4.89. The van der Waals surface area contributed by atoms with Gasteiger partial charge in [-0.15, -0.1) is 0 Å². The van der Waals surface area contributed by atoms with Crippen LogP contribution in [0.15, 0.2) is 54.6 Å². The lowest BCUT2D eigenvalue weighted by Crippen LogP contribution is -2.11. The molecule has 0 saturated carbocycles. The van der Waals surface area contributed by atoms with Gasteiger partial charge >= 0.3 is 5.97 Å². The molecule has 23 heavy (non-hydrogen) atoms. The average molecular weight is 308 g/mol. The molecular weight excluding hydrogens is 288 g/mol. The van der Waals surface area contributed by atoms with Crippen LogP contribution >= 0.6 is 0 Å². The second-order valence-electron chi connectivity index (χ2n) is 5.44. The van der Waals surface area contributed by atoms with Gasteiger partial charge in [0.1, 0.15) is 6.61 Å². The Morgan fingerprint density at radius 1 is 0.870 bits per heavy atom. The Labute approximate surface area is 135 Å². The summed E-state index contributed by atoms with van der Waals surface area (Å²) in [5.41, 5.74) is 0.606.